The third kappa shape index (κ3) is 2.53. The first kappa shape index (κ1) is 16.6. The molecule has 1 aliphatic carbocycles. The molecular formula is C22H19FN6. The summed E-state index contributed by atoms with van der Waals surface area (Å²) in [5.41, 5.74) is 5.46. The lowest BCUT2D eigenvalue weighted by atomic mass is 10.1. The Kier molecular flexibility index (Phi) is 3.47. The first-order chi connectivity index (χ1) is 14.2. The SMILES string of the molecule is Cn1cc(-c2cc(-c3c(-c4ccc(F)cn4)nc4n3[C@@H]3CC[C@@H]4C3)ccn2)cn1. The molecule has 144 valence electrons. The molecule has 4 aromatic heterocycles. The van der Waals surface area contributed by atoms with Crippen molar-refractivity contribution >= 4 is 0 Å². The zero-order valence-corrected chi connectivity index (χ0v) is 16.0. The Morgan fingerprint density at radius 2 is 1.97 bits per heavy atom. The van der Waals surface area contributed by atoms with Gasteiger partial charge in [-0.15, -0.1) is 0 Å². The number of aryl methyl sites for hydroxylation is 1. The summed E-state index contributed by atoms with van der Waals surface area (Å²) in [7, 11) is 1.90. The second kappa shape index (κ2) is 6.07. The van der Waals surface area contributed by atoms with Gasteiger partial charge in [0.25, 0.3) is 0 Å². The lowest BCUT2D eigenvalue weighted by molar-refractivity contribution is 0.530. The van der Waals surface area contributed by atoms with E-state index in [1.54, 1.807) is 10.7 Å². The van der Waals surface area contributed by atoms with Crippen molar-refractivity contribution in [1.29, 1.82) is 0 Å². The van der Waals surface area contributed by atoms with E-state index in [4.69, 9.17) is 4.98 Å². The molecule has 4 aromatic rings. The van der Waals surface area contributed by atoms with Gasteiger partial charge in [0.15, 0.2) is 0 Å². The minimum Gasteiger partial charge on any atom is -0.324 e. The zero-order chi connectivity index (χ0) is 19.5. The van der Waals surface area contributed by atoms with E-state index >= 15 is 0 Å². The normalized spacial score (nSPS) is 19.7. The summed E-state index contributed by atoms with van der Waals surface area (Å²) < 4.78 is 17.6. The molecule has 6 nitrogen and oxygen atoms in total. The summed E-state index contributed by atoms with van der Waals surface area (Å²) in [6.07, 6.45) is 10.4. The Balaban J connectivity index is 1.56. The topological polar surface area (TPSA) is 61.4 Å². The second-order valence-electron chi connectivity index (χ2n) is 7.90. The Hall–Kier alpha value is -3.35. The number of nitrogens with zero attached hydrogens (tertiary/aromatic N) is 6. The number of hydrogen-bond acceptors (Lipinski definition) is 4. The fourth-order valence-corrected chi connectivity index (χ4v) is 4.79. The third-order valence-corrected chi connectivity index (χ3v) is 6.08. The molecule has 2 aliphatic rings. The molecule has 5 heterocycles. The van der Waals surface area contributed by atoms with Crippen LogP contribution in [0.4, 0.5) is 4.39 Å². The first-order valence-corrected chi connectivity index (χ1v) is 9.87. The van der Waals surface area contributed by atoms with Crippen molar-refractivity contribution in [3.05, 3.63) is 60.7 Å². The maximum absolute atomic E-state index is 13.5. The Labute approximate surface area is 167 Å². The molecule has 0 aromatic carbocycles. The van der Waals surface area contributed by atoms with Crippen LogP contribution in [0.2, 0.25) is 0 Å². The van der Waals surface area contributed by atoms with Gasteiger partial charge in [-0.2, -0.15) is 5.10 Å². The second-order valence-corrected chi connectivity index (χ2v) is 7.90. The van der Waals surface area contributed by atoms with Crippen LogP contribution >= 0.6 is 0 Å². The Morgan fingerprint density at radius 3 is 2.76 bits per heavy atom. The molecule has 0 saturated heterocycles. The van der Waals surface area contributed by atoms with Crippen LogP contribution in [-0.4, -0.2) is 29.3 Å². The van der Waals surface area contributed by atoms with Crippen LogP contribution in [0.15, 0.2) is 49.1 Å². The minimum absolute atomic E-state index is 0.343. The highest BCUT2D eigenvalue weighted by molar-refractivity contribution is 5.80. The van der Waals surface area contributed by atoms with Crippen molar-refractivity contribution in [1.82, 2.24) is 29.3 Å². The van der Waals surface area contributed by atoms with Gasteiger partial charge >= 0.3 is 0 Å². The van der Waals surface area contributed by atoms with Gasteiger partial charge in [0.05, 0.1) is 29.5 Å². The molecular weight excluding hydrogens is 367 g/mol. The van der Waals surface area contributed by atoms with E-state index in [2.05, 4.69) is 25.7 Å². The molecule has 29 heavy (non-hydrogen) atoms. The minimum atomic E-state index is -0.343. The summed E-state index contributed by atoms with van der Waals surface area (Å²) in [4.78, 5) is 13.9. The molecule has 7 heteroatoms. The highest BCUT2D eigenvalue weighted by atomic mass is 19.1. The monoisotopic (exact) mass is 386 g/mol. The molecule has 2 atom stereocenters. The largest absolute Gasteiger partial charge is 0.324 e. The fraction of sp³-hybridized carbons (Fsp3) is 0.273. The summed E-state index contributed by atoms with van der Waals surface area (Å²) in [5, 5.41) is 4.26. The Morgan fingerprint density at radius 1 is 1.03 bits per heavy atom. The molecule has 0 radical (unpaired) electrons. The molecule has 0 N–H and O–H groups in total. The van der Waals surface area contributed by atoms with Crippen molar-refractivity contribution < 1.29 is 4.39 Å². The quantitative estimate of drug-likeness (QED) is 0.525. The predicted molar refractivity (Wildman–Crippen MR) is 106 cm³/mol. The van der Waals surface area contributed by atoms with Crippen LogP contribution in [0.5, 0.6) is 0 Å². The van der Waals surface area contributed by atoms with Gasteiger partial charge in [0.2, 0.25) is 0 Å². The van der Waals surface area contributed by atoms with Gasteiger partial charge < -0.3 is 4.57 Å². The zero-order valence-electron chi connectivity index (χ0n) is 16.0. The number of pyridine rings is 2. The number of halogens is 1. The summed E-state index contributed by atoms with van der Waals surface area (Å²) >= 11 is 0. The van der Waals surface area contributed by atoms with E-state index in [0.717, 1.165) is 40.5 Å². The van der Waals surface area contributed by atoms with E-state index in [0.29, 0.717) is 17.7 Å². The maximum Gasteiger partial charge on any atom is 0.141 e. The molecule has 1 saturated carbocycles. The van der Waals surface area contributed by atoms with E-state index in [-0.39, 0.29) is 5.82 Å². The number of fused-ring (bicyclic) bond motifs is 5. The lowest BCUT2D eigenvalue weighted by Gasteiger charge is -2.17. The van der Waals surface area contributed by atoms with E-state index in [1.807, 2.05) is 31.7 Å². The molecule has 1 aliphatic heterocycles. The third-order valence-electron chi connectivity index (χ3n) is 6.08. The van der Waals surface area contributed by atoms with Crippen molar-refractivity contribution in [2.45, 2.75) is 31.2 Å². The summed E-state index contributed by atoms with van der Waals surface area (Å²) in [6, 6.07) is 7.73. The average Bonchev–Trinajstić information content (AvgIpc) is 3.50. The average molecular weight is 386 g/mol. The van der Waals surface area contributed by atoms with Crippen molar-refractivity contribution in [3.63, 3.8) is 0 Å². The van der Waals surface area contributed by atoms with Crippen molar-refractivity contribution in [2.75, 3.05) is 0 Å². The van der Waals surface area contributed by atoms with Crippen molar-refractivity contribution in [2.24, 2.45) is 7.05 Å². The van der Waals surface area contributed by atoms with Crippen LogP contribution in [0.25, 0.3) is 33.9 Å². The molecule has 0 spiro atoms. The van der Waals surface area contributed by atoms with Crippen molar-refractivity contribution in [3.8, 4) is 33.9 Å². The molecule has 0 amide bonds. The molecule has 6 rings (SSSR count). The van der Waals surface area contributed by atoms with Gasteiger partial charge in [-0.25, -0.2) is 9.37 Å². The number of aromatic nitrogens is 6. The molecule has 1 fully saturated rings. The maximum atomic E-state index is 13.5. The summed E-state index contributed by atoms with van der Waals surface area (Å²) in [6.45, 7) is 0. The van der Waals surface area contributed by atoms with Gasteiger partial charge in [-0.05, 0) is 43.5 Å². The van der Waals surface area contributed by atoms with Crippen LogP contribution < -0.4 is 0 Å². The standard InChI is InChI=1S/C22H19FN6/c1-28-12-15(10-26-28)19-9-13(6-7-24-19)21-20(18-5-3-16(23)11-25-18)27-22-14-2-4-17(8-14)29(21)22/h3,5-7,9-12,14,17H,2,4,8H2,1H3/t14-,17-/m1/s1. The van der Waals surface area contributed by atoms with Gasteiger partial charge in [0.1, 0.15) is 17.3 Å². The molecule has 0 unspecified atom stereocenters. The molecule has 2 bridgehead atoms. The van der Waals surface area contributed by atoms with E-state index in [1.165, 1.54) is 25.1 Å². The van der Waals surface area contributed by atoms with E-state index in [9.17, 15) is 4.39 Å². The Bertz CT molecular complexity index is 1220. The number of hydrogen-bond donors (Lipinski definition) is 0. The van der Waals surface area contributed by atoms with Gasteiger partial charge in [-0.3, -0.25) is 14.6 Å². The predicted octanol–water partition coefficient (Wildman–Crippen LogP) is 4.37. The lowest BCUT2D eigenvalue weighted by Crippen LogP contribution is -2.08. The first-order valence-electron chi connectivity index (χ1n) is 9.87. The van der Waals surface area contributed by atoms with Gasteiger partial charge in [-0.1, -0.05) is 0 Å². The van der Waals surface area contributed by atoms with Gasteiger partial charge in [0, 0.05) is 42.5 Å². The highest BCUT2D eigenvalue weighted by Crippen LogP contribution is 2.52. The number of imidazole rings is 1. The van der Waals surface area contributed by atoms with Crippen LogP contribution in [0.3, 0.4) is 0 Å². The summed E-state index contributed by atoms with van der Waals surface area (Å²) in [5.74, 6) is 1.30. The van der Waals surface area contributed by atoms with Crippen LogP contribution in [0, 0.1) is 5.82 Å². The fourth-order valence-electron chi connectivity index (χ4n) is 4.79. The van der Waals surface area contributed by atoms with E-state index < -0.39 is 0 Å². The smallest absolute Gasteiger partial charge is 0.141 e. The highest BCUT2D eigenvalue weighted by Gasteiger charge is 2.41. The number of rotatable bonds is 3. The van der Waals surface area contributed by atoms with Crippen LogP contribution in [-0.2, 0) is 7.05 Å². The van der Waals surface area contributed by atoms with Crippen LogP contribution in [0.1, 0.15) is 37.0 Å².